The van der Waals surface area contributed by atoms with Crippen LogP contribution in [0.15, 0.2) is 76.9 Å². The molecular formula is C26H27N3OS2. The van der Waals surface area contributed by atoms with Crippen molar-refractivity contribution in [3.63, 3.8) is 0 Å². The number of aromatic amines is 1. The Hall–Kier alpha value is -2.96. The van der Waals surface area contributed by atoms with Gasteiger partial charge in [-0.25, -0.2) is 0 Å². The Bertz CT molecular complexity index is 1230. The Morgan fingerprint density at radius 2 is 1.88 bits per heavy atom. The van der Waals surface area contributed by atoms with Gasteiger partial charge >= 0.3 is 0 Å². The lowest BCUT2D eigenvalue weighted by Crippen LogP contribution is -2.40. The number of H-pyrrole nitrogens is 1. The van der Waals surface area contributed by atoms with Gasteiger partial charge in [-0.2, -0.15) is 0 Å². The van der Waals surface area contributed by atoms with Crippen LogP contribution in [0.3, 0.4) is 0 Å². The summed E-state index contributed by atoms with van der Waals surface area (Å²) < 4.78 is 0. The number of nitrogens with one attached hydrogen (secondary N) is 2. The molecule has 0 aliphatic heterocycles. The van der Waals surface area contributed by atoms with Crippen molar-refractivity contribution in [3.8, 4) is 0 Å². The number of hydrogen-bond acceptors (Lipinski definition) is 3. The minimum Gasteiger partial charge on any atom is -0.362 e. The first-order valence-corrected chi connectivity index (χ1v) is 12.1. The highest BCUT2D eigenvalue weighted by molar-refractivity contribution is 7.80. The Labute approximate surface area is 197 Å². The van der Waals surface area contributed by atoms with Gasteiger partial charge in [0.05, 0.1) is 13.1 Å². The van der Waals surface area contributed by atoms with E-state index >= 15 is 0 Å². The van der Waals surface area contributed by atoms with Gasteiger partial charge in [0.1, 0.15) is 0 Å². The number of hydrogen-bond donors (Lipinski definition) is 2. The number of rotatable bonds is 8. The summed E-state index contributed by atoms with van der Waals surface area (Å²) in [5.41, 5.74) is 4.04. The lowest BCUT2D eigenvalue weighted by Gasteiger charge is -2.25. The molecule has 2 heterocycles. The summed E-state index contributed by atoms with van der Waals surface area (Å²) in [7, 11) is 0. The molecule has 0 fully saturated rings. The number of pyridine rings is 1. The number of benzene rings is 2. The molecule has 4 nitrogen and oxygen atoms in total. The number of aromatic nitrogens is 1. The normalized spacial score (nSPS) is 10.9. The van der Waals surface area contributed by atoms with Gasteiger partial charge in [-0.15, -0.1) is 11.3 Å². The highest BCUT2D eigenvalue weighted by Crippen LogP contribution is 2.17. The van der Waals surface area contributed by atoms with Gasteiger partial charge in [0, 0.05) is 22.5 Å². The van der Waals surface area contributed by atoms with E-state index in [-0.39, 0.29) is 5.56 Å². The van der Waals surface area contributed by atoms with Crippen molar-refractivity contribution < 1.29 is 0 Å². The van der Waals surface area contributed by atoms with Crippen LogP contribution in [0.1, 0.15) is 28.5 Å². The molecule has 0 radical (unpaired) electrons. The van der Waals surface area contributed by atoms with Crippen LogP contribution in [-0.2, 0) is 25.9 Å². The molecule has 2 aromatic heterocycles. The van der Waals surface area contributed by atoms with Crippen molar-refractivity contribution in [3.05, 3.63) is 104 Å². The van der Waals surface area contributed by atoms with Gasteiger partial charge in [0.15, 0.2) is 5.11 Å². The van der Waals surface area contributed by atoms with Crippen molar-refractivity contribution in [1.29, 1.82) is 0 Å². The maximum Gasteiger partial charge on any atom is 0.253 e. The van der Waals surface area contributed by atoms with Crippen molar-refractivity contribution in [2.24, 2.45) is 0 Å². The zero-order valence-electron chi connectivity index (χ0n) is 18.1. The quantitative estimate of drug-likeness (QED) is 0.351. The van der Waals surface area contributed by atoms with Gasteiger partial charge in [-0.05, 0) is 71.2 Å². The van der Waals surface area contributed by atoms with Crippen LogP contribution in [0, 0.1) is 0 Å². The van der Waals surface area contributed by atoms with E-state index in [0.29, 0.717) is 18.2 Å². The van der Waals surface area contributed by atoms with Crippen LogP contribution in [0.5, 0.6) is 0 Å². The van der Waals surface area contributed by atoms with E-state index in [1.165, 1.54) is 16.0 Å². The largest absolute Gasteiger partial charge is 0.362 e. The zero-order chi connectivity index (χ0) is 22.3. The third kappa shape index (κ3) is 5.64. The fraction of sp³-hybridized carbons (Fsp3) is 0.231. The second-order valence-electron chi connectivity index (χ2n) is 7.80. The summed E-state index contributed by atoms with van der Waals surface area (Å²) in [6.45, 7) is 4.01. The van der Waals surface area contributed by atoms with Gasteiger partial charge < -0.3 is 15.2 Å². The van der Waals surface area contributed by atoms with Crippen LogP contribution >= 0.6 is 23.6 Å². The summed E-state index contributed by atoms with van der Waals surface area (Å²) in [5.74, 6) is 0. The second-order valence-corrected chi connectivity index (χ2v) is 9.22. The summed E-state index contributed by atoms with van der Waals surface area (Å²) >= 11 is 7.45. The van der Waals surface area contributed by atoms with Crippen molar-refractivity contribution in [2.75, 3.05) is 6.54 Å². The molecule has 0 aliphatic rings. The fourth-order valence-electron chi connectivity index (χ4n) is 3.70. The first-order chi connectivity index (χ1) is 15.6. The number of fused-ring (bicyclic) bond motifs is 1. The molecule has 2 aromatic carbocycles. The third-order valence-corrected chi connectivity index (χ3v) is 6.77. The van der Waals surface area contributed by atoms with Crippen molar-refractivity contribution in [2.45, 2.75) is 32.9 Å². The van der Waals surface area contributed by atoms with Gasteiger partial charge in [-0.3, -0.25) is 4.79 Å². The van der Waals surface area contributed by atoms with Crippen LogP contribution in [0.4, 0.5) is 0 Å². The summed E-state index contributed by atoms with van der Waals surface area (Å²) in [6.07, 6.45) is 1.86. The van der Waals surface area contributed by atoms with E-state index in [0.717, 1.165) is 35.9 Å². The average molecular weight is 462 g/mol. The predicted molar refractivity (Wildman–Crippen MR) is 138 cm³/mol. The van der Waals surface area contributed by atoms with Crippen LogP contribution in [0.25, 0.3) is 10.9 Å². The summed E-state index contributed by atoms with van der Waals surface area (Å²) in [4.78, 5) is 19.1. The van der Waals surface area contributed by atoms with Gasteiger partial charge in [0.2, 0.25) is 0 Å². The zero-order valence-corrected chi connectivity index (χ0v) is 19.8. The maximum absolute atomic E-state index is 12.8. The molecular weight excluding hydrogens is 434 g/mol. The maximum atomic E-state index is 12.8. The highest BCUT2D eigenvalue weighted by Gasteiger charge is 2.14. The highest BCUT2D eigenvalue weighted by atomic mass is 32.1. The lowest BCUT2D eigenvalue weighted by molar-refractivity contribution is 0.401. The molecule has 0 saturated heterocycles. The van der Waals surface area contributed by atoms with E-state index in [2.05, 4.69) is 57.8 Å². The van der Waals surface area contributed by atoms with Crippen LogP contribution in [0.2, 0.25) is 0 Å². The minimum absolute atomic E-state index is 0.0648. The molecule has 2 N–H and O–H groups in total. The first kappa shape index (κ1) is 22.2. The van der Waals surface area contributed by atoms with Crippen LogP contribution < -0.4 is 10.9 Å². The SMILES string of the molecule is CCc1ccc2[nH]c(=O)c(CN(Cc3cccs3)C(=S)NCCc3ccccc3)cc2c1. The third-order valence-electron chi connectivity index (χ3n) is 5.50. The standard InChI is InChI=1S/C26H27N3OS2/c1-2-19-10-11-24-21(15-19)16-22(25(30)28-24)17-29(18-23-9-6-14-32-23)26(31)27-13-12-20-7-4-3-5-8-20/h3-11,14-16H,2,12-13,17-18H2,1H3,(H,27,31)(H,28,30). The smallest absolute Gasteiger partial charge is 0.253 e. The number of nitrogens with zero attached hydrogens (tertiary/aromatic N) is 1. The second kappa shape index (κ2) is 10.6. The Morgan fingerprint density at radius 1 is 1.03 bits per heavy atom. The topological polar surface area (TPSA) is 48.1 Å². The molecule has 0 spiro atoms. The molecule has 0 aliphatic carbocycles. The molecule has 0 atom stereocenters. The van der Waals surface area contributed by atoms with E-state index in [9.17, 15) is 4.79 Å². The van der Waals surface area contributed by atoms with Crippen LogP contribution in [-0.4, -0.2) is 21.5 Å². The van der Waals surface area contributed by atoms with Gasteiger partial charge in [0.25, 0.3) is 5.56 Å². The summed E-state index contributed by atoms with van der Waals surface area (Å²) in [6, 6.07) is 22.7. The van der Waals surface area contributed by atoms with Gasteiger partial charge in [-0.1, -0.05) is 49.4 Å². The molecule has 4 rings (SSSR count). The molecule has 4 aromatic rings. The van der Waals surface area contributed by atoms with E-state index in [1.54, 1.807) is 11.3 Å². The summed E-state index contributed by atoms with van der Waals surface area (Å²) in [5, 5.41) is 7.17. The molecule has 164 valence electrons. The van der Waals surface area contributed by atoms with Crippen molar-refractivity contribution >= 4 is 39.6 Å². The van der Waals surface area contributed by atoms with E-state index in [4.69, 9.17) is 12.2 Å². The molecule has 0 saturated carbocycles. The Morgan fingerprint density at radius 3 is 2.62 bits per heavy atom. The lowest BCUT2D eigenvalue weighted by atomic mass is 10.1. The van der Waals surface area contributed by atoms with E-state index < -0.39 is 0 Å². The minimum atomic E-state index is -0.0648. The Balaban J connectivity index is 1.52. The fourth-order valence-corrected chi connectivity index (χ4v) is 4.66. The molecule has 6 heteroatoms. The predicted octanol–water partition coefficient (Wildman–Crippen LogP) is 5.27. The average Bonchev–Trinajstić information content (AvgIpc) is 3.32. The molecule has 0 unspecified atom stereocenters. The number of thiocarbonyl (C=S) groups is 1. The molecule has 0 bridgehead atoms. The monoisotopic (exact) mass is 461 g/mol. The molecule has 0 amide bonds. The first-order valence-electron chi connectivity index (χ1n) is 10.9. The Kier molecular flexibility index (Phi) is 7.35. The number of thiophene rings is 1. The van der Waals surface area contributed by atoms with E-state index in [1.807, 2.05) is 36.4 Å². The molecule has 32 heavy (non-hydrogen) atoms. The number of aryl methyl sites for hydroxylation is 1. The van der Waals surface area contributed by atoms with Crippen molar-refractivity contribution in [1.82, 2.24) is 15.2 Å².